The third-order valence-electron chi connectivity index (χ3n) is 3.98. The largest absolute Gasteiger partial charge is 0.352 e. The summed E-state index contributed by atoms with van der Waals surface area (Å²) in [4.78, 5) is 25.2. The smallest absolute Gasteiger partial charge is 0.247 e. The molecule has 1 aliphatic heterocycles. The molecule has 0 aliphatic carbocycles. The molecule has 7 nitrogen and oxygen atoms in total. The van der Waals surface area contributed by atoms with Crippen LogP contribution in [0, 0.1) is 0 Å². The molecule has 2 aromatic heterocycles. The van der Waals surface area contributed by atoms with Gasteiger partial charge in [0.25, 0.3) is 0 Å². The molecule has 1 atom stereocenters. The third-order valence-corrected chi connectivity index (χ3v) is 3.98. The lowest BCUT2D eigenvalue weighted by Crippen LogP contribution is -2.50. The van der Waals surface area contributed by atoms with Crippen molar-refractivity contribution in [2.45, 2.75) is 19.4 Å². The normalized spacial score (nSPS) is 16.6. The number of hydrogen-bond donors (Lipinski definition) is 0. The number of aromatic nitrogens is 4. The van der Waals surface area contributed by atoms with Crippen molar-refractivity contribution in [1.82, 2.24) is 24.6 Å². The number of carbonyl (C=O) groups is 1. The second kappa shape index (κ2) is 6.55. The van der Waals surface area contributed by atoms with Gasteiger partial charge in [0.2, 0.25) is 5.91 Å². The molecule has 1 saturated heterocycles. The Labute approximate surface area is 129 Å². The fraction of sp³-hybridized carbons (Fsp3) is 0.467. The van der Waals surface area contributed by atoms with E-state index in [-0.39, 0.29) is 11.9 Å². The van der Waals surface area contributed by atoms with Crippen LogP contribution < -0.4 is 4.90 Å². The third kappa shape index (κ3) is 2.93. The van der Waals surface area contributed by atoms with E-state index in [2.05, 4.69) is 20.0 Å². The number of hydrogen-bond acceptors (Lipinski definition) is 5. The molecule has 1 unspecified atom stereocenters. The minimum Gasteiger partial charge on any atom is -0.352 e. The van der Waals surface area contributed by atoms with Crippen LogP contribution in [0.3, 0.4) is 0 Å². The SMILES string of the molecule is CCC(C(=O)N1CCN(c2cnccn2)CC1)n1cccn1. The second-order valence-corrected chi connectivity index (χ2v) is 5.29. The van der Waals surface area contributed by atoms with E-state index in [1.54, 1.807) is 29.5 Å². The van der Waals surface area contributed by atoms with Gasteiger partial charge in [0.05, 0.1) is 6.20 Å². The highest BCUT2D eigenvalue weighted by atomic mass is 16.2. The summed E-state index contributed by atoms with van der Waals surface area (Å²) in [5.41, 5.74) is 0. The predicted molar refractivity (Wildman–Crippen MR) is 82.4 cm³/mol. The fourth-order valence-corrected chi connectivity index (χ4v) is 2.76. The number of anilines is 1. The molecule has 22 heavy (non-hydrogen) atoms. The lowest BCUT2D eigenvalue weighted by Gasteiger charge is -2.36. The second-order valence-electron chi connectivity index (χ2n) is 5.29. The predicted octanol–water partition coefficient (Wildman–Crippen LogP) is 0.973. The Hall–Kier alpha value is -2.44. The van der Waals surface area contributed by atoms with Gasteiger partial charge in [0, 0.05) is 51.0 Å². The van der Waals surface area contributed by atoms with E-state index < -0.39 is 0 Å². The van der Waals surface area contributed by atoms with Crippen LogP contribution in [-0.2, 0) is 4.79 Å². The monoisotopic (exact) mass is 300 g/mol. The Bertz CT molecular complexity index is 592. The fourth-order valence-electron chi connectivity index (χ4n) is 2.76. The van der Waals surface area contributed by atoms with Crippen molar-refractivity contribution in [3.63, 3.8) is 0 Å². The number of piperazine rings is 1. The molecule has 0 bridgehead atoms. The van der Waals surface area contributed by atoms with Crippen molar-refractivity contribution in [2.75, 3.05) is 31.1 Å². The quantitative estimate of drug-likeness (QED) is 0.842. The summed E-state index contributed by atoms with van der Waals surface area (Å²) in [7, 11) is 0. The van der Waals surface area contributed by atoms with Crippen molar-refractivity contribution >= 4 is 11.7 Å². The Morgan fingerprint density at radius 3 is 2.64 bits per heavy atom. The molecule has 0 aromatic carbocycles. The lowest BCUT2D eigenvalue weighted by atomic mass is 10.2. The highest BCUT2D eigenvalue weighted by Gasteiger charge is 2.28. The Morgan fingerprint density at radius 1 is 1.23 bits per heavy atom. The minimum absolute atomic E-state index is 0.144. The van der Waals surface area contributed by atoms with Crippen molar-refractivity contribution < 1.29 is 4.79 Å². The van der Waals surface area contributed by atoms with Gasteiger partial charge in [-0.3, -0.25) is 14.5 Å². The molecule has 0 radical (unpaired) electrons. The molecule has 1 aliphatic rings. The Morgan fingerprint density at radius 2 is 2.05 bits per heavy atom. The summed E-state index contributed by atoms with van der Waals surface area (Å²) >= 11 is 0. The maximum atomic E-state index is 12.7. The molecule has 116 valence electrons. The molecule has 0 spiro atoms. The van der Waals surface area contributed by atoms with E-state index in [0.29, 0.717) is 13.1 Å². The van der Waals surface area contributed by atoms with Crippen LogP contribution in [0.4, 0.5) is 5.82 Å². The van der Waals surface area contributed by atoms with Gasteiger partial charge in [0.1, 0.15) is 11.9 Å². The van der Waals surface area contributed by atoms with Gasteiger partial charge in [-0.05, 0) is 12.5 Å². The van der Waals surface area contributed by atoms with E-state index in [4.69, 9.17) is 0 Å². The highest BCUT2D eigenvalue weighted by Crippen LogP contribution is 2.17. The number of nitrogens with zero attached hydrogens (tertiary/aromatic N) is 6. The number of amides is 1. The zero-order valence-electron chi connectivity index (χ0n) is 12.7. The Kier molecular flexibility index (Phi) is 4.32. The molecule has 7 heteroatoms. The molecular weight excluding hydrogens is 280 g/mol. The first-order valence-electron chi connectivity index (χ1n) is 7.58. The van der Waals surface area contributed by atoms with Gasteiger partial charge < -0.3 is 9.80 Å². The molecule has 0 saturated carbocycles. The Balaban J connectivity index is 1.62. The van der Waals surface area contributed by atoms with E-state index in [0.717, 1.165) is 25.3 Å². The average Bonchev–Trinajstić information content (AvgIpc) is 3.11. The first-order valence-corrected chi connectivity index (χ1v) is 7.58. The zero-order valence-corrected chi connectivity index (χ0v) is 12.7. The molecule has 3 heterocycles. The average molecular weight is 300 g/mol. The number of carbonyl (C=O) groups excluding carboxylic acids is 1. The van der Waals surface area contributed by atoms with Crippen LogP contribution in [0.2, 0.25) is 0 Å². The maximum Gasteiger partial charge on any atom is 0.247 e. The topological polar surface area (TPSA) is 67.2 Å². The molecule has 1 fully saturated rings. The summed E-state index contributed by atoms with van der Waals surface area (Å²) < 4.78 is 1.75. The molecule has 2 aromatic rings. The van der Waals surface area contributed by atoms with Crippen LogP contribution in [0.15, 0.2) is 37.1 Å². The molecule has 3 rings (SSSR count). The van der Waals surface area contributed by atoms with E-state index in [1.807, 2.05) is 24.1 Å². The van der Waals surface area contributed by atoms with Crippen molar-refractivity contribution in [1.29, 1.82) is 0 Å². The molecular formula is C15H20N6O. The molecule has 0 N–H and O–H groups in total. The van der Waals surface area contributed by atoms with Crippen LogP contribution in [0.1, 0.15) is 19.4 Å². The summed E-state index contributed by atoms with van der Waals surface area (Å²) in [6.45, 7) is 4.97. The maximum absolute atomic E-state index is 12.7. The van der Waals surface area contributed by atoms with Gasteiger partial charge in [0.15, 0.2) is 0 Å². The molecule has 1 amide bonds. The van der Waals surface area contributed by atoms with Crippen molar-refractivity contribution in [3.05, 3.63) is 37.1 Å². The van der Waals surface area contributed by atoms with Gasteiger partial charge in [-0.1, -0.05) is 6.92 Å². The first-order chi connectivity index (χ1) is 10.8. The van der Waals surface area contributed by atoms with Crippen LogP contribution in [0.5, 0.6) is 0 Å². The first kappa shape index (κ1) is 14.5. The van der Waals surface area contributed by atoms with Crippen LogP contribution in [-0.4, -0.2) is 56.7 Å². The van der Waals surface area contributed by atoms with Gasteiger partial charge in [-0.2, -0.15) is 5.10 Å². The summed E-state index contributed by atoms with van der Waals surface area (Å²) in [6, 6.07) is 1.64. The summed E-state index contributed by atoms with van der Waals surface area (Å²) in [5.74, 6) is 1.01. The van der Waals surface area contributed by atoms with Crippen LogP contribution >= 0.6 is 0 Å². The lowest BCUT2D eigenvalue weighted by molar-refractivity contribution is -0.135. The highest BCUT2D eigenvalue weighted by molar-refractivity contribution is 5.80. The standard InChI is InChI=1S/C15H20N6O/c1-2-13(21-7-3-4-18-21)15(22)20-10-8-19(9-11-20)14-12-16-5-6-17-14/h3-7,12-13H,2,8-11H2,1H3. The van der Waals surface area contributed by atoms with E-state index in [1.165, 1.54) is 0 Å². The van der Waals surface area contributed by atoms with Gasteiger partial charge >= 0.3 is 0 Å². The minimum atomic E-state index is -0.210. The van der Waals surface area contributed by atoms with Gasteiger partial charge in [-0.15, -0.1) is 0 Å². The van der Waals surface area contributed by atoms with Crippen LogP contribution in [0.25, 0.3) is 0 Å². The van der Waals surface area contributed by atoms with Crippen molar-refractivity contribution in [2.24, 2.45) is 0 Å². The zero-order chi connectivity index (χ0) is 15.4. The summed E-state index contributed by atoms with van der Waals surface area (Å²) in [6.07, 6.45) is 9.42. The van der Waals surface area contributed by atoms with E-state index >= 15 is 0 Å². The van der Waals surface area contributed by atoms with Crippen molar-refractivity contribution in [3.8, 4) is 0 Å². The van der Waals surface area contributed by atoms with E-state index in [9.17, 15) is 4.79 Å². The number of rotatable bonds is 4. The van der Waals surface area contributed by atoms with Gasteiger partial charge in [-0.25, -0.2) is 4.98 Å². The summed E-state index contributed by atoms with van der Waals surface area (Å²) in [5, 5.41) is 4.21.